The number of hydrogen-bond donors (Lipinski definition) is 1. The number of hydrogen-bond acceptors (Lipinski definition) is 3. The molecular weight excluding hydrogens is 310 g/mol. The summed E-state index contributed by atoms with van der Waals surface area (Å²) in [5.41, 5.74) is 0.788. The molecule has 1 amide bonds. The number of rotatable bonds is 5. The van der Waals surface area contributed by atoms with Gasteiger partial charge in [0.15, 0.2) is 0 Å². The van der Waals surface area contributed by atoms with Crippen LogP contribution in [0.2, 0.25) is 5.02 Å². The van der Waals surface area contributed by atoms with Crippen molar-refractivity contribution in [3.8, 4) is 0 Å². The zero-order chi connectivity index (χ0) is 17.0. The third-order valence-electron chi connectivity index (χ3n) is 4.00. The fourth-order valence-corrected chi connectivity index (χ4v) is 2.48. The average Bonchev–Trinajstić information content (AvgIpc) is 2.55. The minimum absolute atomic E-state index is 0.130. The lowest BCUT2D eigenvalue weighted by molar-refractivity contribution is 0.0896. The van der Waals surface area contributed by atoms with Gasteiger partial charge in [-0.2, -0.15) is 0 Å². The maximum atomic E-state index is 12.7. The molecule has 0 aliphatic heterocycles. The summed E-state index contributed by atoms with van der Waals surface area (Å²) in [6.45, 7) is 7.99. The Morgan fingerprint density at radius 1 is 1.30 bits per heavy atom. The number of nitrogens with one attached hydrogen (secondary N) is 1. The Labute approximate surface area is 142 Å². The van der Waals surface area contributed by atoms with E-state index in [0.717, 1.165) is 12.0 Å². The number of halogens is 1. The van der Waals surface area contributed by atoms with Crippen molar-refractivity contribution in [2.24, 2.45) is 0 Å². The first-order chi connectivity index (χ1) is 10.9. The van der Waals surface area contributed by atoms with E-state index in [1.165, 1.54) is 6.20 Å². The lowest BCUT2D eigenvalue weighted by Gasteiger charge is -2.30. The summed E-state index contributed by atoms with van der Waals surface area (Å²) in [6, 6.07) is 9.89. The van der Waals surface area contributed by atoms with Crippen molar-refractivity contribution in [1.82, 2.24) is 15.3 Å². The van der Waals surface area contributed by atoms with E-state index in [0.29, 0.717) is 5.82 Å². The van der Waals surface area contributed by atoms with Gasteiger partial charge in [0.25, 0.3) is 5.91 Å². The third kappa shape index (κ3) is 3.88. The number of benzene rings is 1. The fourth-order valence-electron chi connectivity index (χ4n) is 2.30. The van der Waals surface area contributed by atoms with Crippen LogP contribution in [0.15, 0.2) is 36.5 Å². The SMILES string of the molecule is CCC(C)(NC(=O)c1nc(C(C)C)ncc1Cl)c1ccccc1. The van der Waals surface area contributed by atoms with Crippen LogP contribution < -0.4 is 5.32 Å². The highest BCUT2D eigenvalue weighted by atomic mass is 35.5. The zero-order valence-corrected chi connectivity index (χ0v) is 14.7. The average molecular weight is 332 g/mol. The van der Waals surface area contributed by atoms with Crippen LogP contribution in [0.25, 0.3) is 0 Å². The molecule has 1 aromatic carbocycles. The van der Waals surface area contributed by atoms with E-state index in [9.17, 15) is 4.79 Å². The van der Waals surface area contributed by atoms with Crippen LogP contribution in [0.1, 0.15) is 61.9 Å². The van der Waals surface area contributed by atoms with Gasteiger partial charge in [-0.1, -0.05) is 62.7 Å². The molecule has 0 aliphatic rings. The van der Waals surface area contributed by atoms with Gasteiger partial charge in [0.2, 0.25) is 0 Å². The second kappa shape index (κ2) is 7.09. The van der Waals surface area contributed by atoms with Gasteiger partial charge in [-0.25, -0.2) is 9.97 Å². The fraction of sp³-hybridized carbons (Fsp3) is 0.389. The first-order valence-corrected chi connectivity index (χ1v) is 8.15. The predicted molar refractivity (Wildman–Crippen MR) is 92.7 cm³/mol. The Bertz CT molecular complexity index is 688. The zero-order valence-electron chi connectivity index (χ0n) is 13.9. The number of carbonyl (C=O) groups excluding carboxylic acids is 1. The normalized spacial score (nSPS) is 13.7. The molecule has 1 aromatic heterocycles. The molecule has 2 rings (SSSR count). The summed E-state index contributed by atoms with van der Waals surface area (Å²) in [7, 11) is 0. The van der Waals surface area contributed by atoms with Crippen molar-refractivity contribution in [2.45, 2.75) is 45.6 Å². The van der Waals surface area contributed by atoms with E-state index in [1.807, 2.05) is 58.0 Å². The molecule has 1 heterocycles. The lowest BCUT2D eigenvalue weighted by atomic mass is 9.89. The predicted octanol–water partition coefficient (Wildman–Crippen LogP) is 4.31. The molecular formula is C18H22ClN3O. The molecule has 1 atom stereocenters. The summed E-state index contributed by atoms with van der Waals surface area (Å²) in [4.78, 5) is 21.2. The third-order valence-corrected chi connectivity index (χ3v) is 4.28. The van der Waals surface area contributed by atoms with Crippen LogP contribution in [0.4, 0.5) is 0 Å². The van der Waals surface area contributed by atoms with E-state index in [1.54, 1.807) is 0 Å². The summed E-state index contributed by atoms with van der Waals surface area (Å²) in [5, 5.41) is 3.33. The van der Waals surface area contributed by atoms with E-state index >= 15 is 0 Å². The van der Waals surface area contributed by atoms with Crippen molar-refractivity contribution in [1.29, 1.82) is 0 Å². The molecule has 0 fully saturated rings. The van der Waals surface area contributed by atoms with Crippen LogP contribution in [-0.4, -0.2) is 15.9 Å². The van der Waals surface area contributed by atoms with Crippen LogP contribution in [0.3, 0.4) is 0 Å². The van der Waals surface area contributed by atoms with E-state index in [4.69, 9.17) is 11.6 Å². The highest BCUT2D eigenvalue weighted by molar-refractivity contribution is 6.33. The molecule has 0 spiro atoms. The lowest BCUT2D eigenvalue weighted by Crippen LogP contribution is -2.43. The van der Waals surface area contributed by atoms with Crippen LogP contribution >= 0.6 is 11.6 Å². The molecule has 122 valence electrons. The van der Waals surface area contributed by atoms with Crippen molar-refractivity contribution in [3.63, 3.8) is 0 Å². The smallest absolute Gasteiger partial charge is 0.272 e. The second-order valence-corrected chi connectivity index (χ2v) is 6.49. The first-order valence-electron chi connectivity index (χ1n) is 7.78. The maximum Gasteiger partial charge on any atom is 0.272 e. The molecule has 4 nitrogen and oxygen atoms in total. The van der Waals surface area contributed by atoms with Crippen LogP contribution in [0.5, 0.6) is 0 Å². The molecule has 0 aliphatic carbocycles. The molecule has 0 bridgehead atoms. The topological polar surface area (TPSA) is 54.9 Å². The molecule has 2 aromatic rings. The molecule has 0 radical (unpaired) electrons. The quantitative estimate of drug-likeness (QED) is 0.888. The van der Waals surface area contributed by atoms with Gasteiger partial charge in [-0.05, 0) is 18.9 Å². The summed E-state index contributed by atoms with van der Waals surface area (Å²) >= 11 is 6.13. The van der Waals surface area contributed by atoms with E-state index in [2.05, 4.69) is 15.3 Å². The van der Waals surface area contributed by atoms with Crippen molar-refractivity contribution in [3.05, 3.63) is 58.6 Å². The summed E-state index contributed by atoms with van der Waals surface area (Å²) in [5.74, 6) is 0.454. The van der Waals surface area contributed by atoms with Gasteiger partial charge < -0.3 is 5.32 Å². The highest BCUT2D eigenvalue weighted by Gasteiger charge is 2.28. The summed E-state index contributed by atoms with van der Waals surface area (Å²) < 4.78 is 0. The Morgan fingerprint density at radius 2 is 1.96 bits per heavy atom. The van der Waals surface area contributed by atoms with Gasteiger partial charge in [0.05, 0.1) is 16.8 Å². The van der Waals surface area contributed by atoms with Crippen LogP contribution in [0, 0.1) is 0 Å². The molecule has 23 heavy (non-hydrogen) atoms. The minimum Gasteiger partial charge on any atom is -0.341 e. The number of nitrogens with zero attached hydrogens (tertiary/aromatic N) is 2. The van der Waals surface area contributed by atoms with Gasteiger partial charge in [0.1, 0.15) is 11.5 Å². The highest BCUT2D eigenvalue weighted by Crippen LogP contribution is 2.25. The Morgan fingerprint density at radius 3 is 2.52 bits per heavy atom. The number of carbonyl (C=O) groups is 1. The first kappa shape index (κ1) is 17.4. The summed E-state index contributed by atoms with van der Waals surface area (Å²) in [6.07, 6.45) is 2.24. The molecule has 0 saturated heterocycles. The minimum atomic E-state index is -0.482. The molecule has 1 N–H and O–H groups in total. The van der Waals surface area contributed by atoms with Gasteiger partial charge in [-0.15, -0.1) is 0 Å². The van der Waals surface area contributed by atoms with Gasteiger partial charge in [-0.3, -0.25) is 4.79 Å². The van der Waals surface area contributed by atoms with Crippen molar-refractivity contribution >= 4 is 17.5 Å². The largest absolute Gasteiger partial charge is 0.341 e. The molecule has 1 unspecified atom stereocenters. The number of amides is 1. The molecule has 0 saturated carbocycles. The van der Waals surface area contributed by atoms with Crippen LogP contribution in [-0.2, 0) is 5.54 Å². The van der Waals surface area contributed by atoms with E-state index < -0.39 is 5.54 Å². The Balaban J connectivity index is 2.32. The number of aromatic nitrogens is 2. The van der Waals surface area contributed by atoms with Crippen molar-refractivity contribution in [2.75, 3.05) is 0 Å². The Kier molecular flexibility index (Phi) is 5.37. The standard InChI is InChI=1S/C18H22ClN3O/c1-5-18(4,13-9-7-6-8-10-13)22-17(23)15-14(19)11-20-16(21-15)12(2)3/h6-12H,5H2,1-4H3,(H,22,23). The van der Waals surface area contributed by atoms with Crippen molar-refractivity contribution < 1.29 is 4.79 Å². The Hall–Kier alpha value is -1.94. The van der Waals surface area contributed by atoms with E-state index in [-0.39, 0.29) is 22.5 Å². The monoisotopic (exact) mass is 331 g/mol. The molecule has 5 heteroatoms. The van der Waals surface area contributed by atoms with Gasteiger partial charge >= 0.3 is 0 Å². The van der Waals surface area contributed by atoms with Gasteiger partial charge in [0, 0.05) is 5.92 Å². The maximum absolute atomic E-state index is 12.7. The second-order valence-electron chi connectivity index (χ2n) is 6.09.